The van der Waals surface area contributed by atoms with Crippen molar-refractivity contribution in [2.75, 3.05) is 34.0 Å². The van der Waals surface area contributed by atoms with Gasteiger partial charge in [-0.25, -0.2) is 0 Å². The molecule has 1 aromatic carbocycles. The number of methoxy groups -OCH3 is 2. The van der Waals surface area contributed by atoms with Gasteiger partial charge in [0.2, 0.25) is 0 Å². The van der Waals surface area contributed by atoms with Crippen molar-refractivity contribution in [1.29, 1.82) is 0 Å². The highest BCUT2D eigenvalue weighted by atomic mass is 16.6. The normalized spacial score (nSPS) is 25.0. The summed E-state index contributed by atoms with van der Waals surface area (Å²) in [6.45, 7) is 5.63. The number of hydrogen-bond acceptors (Lipinski definition) is 4. The van der Waals surface area contributed by atoms with Gasteiger partial charge in [0.05, 0.1) is 19.3 Å². The van der Waals surface area contributed by atoms with Gasteiger partial charge < -0.3 is 19.5 Å². The average molecular weight is 307 g/mol. The number of amides is 1. The summed E-state index contributed by atoms with van der Waals surface area (Å²) in [7, 11) is 3.32. The minimum Gasteiger partial charge on any atom is -0.378 e. The highest BCUT2D eigenvalue weighted by Crippen LogP contribution is 2.20. The Bertz CT molecular complexity index is 517. The maximum absolute atomic E-state index is 12.3. The van der Waals surface area contributed by atoms with Crippen LogP contribution >= 0.6 is 0 Å². The lowest BCUT2D eigenvalue weighted by molar-refractivity contribution is -0.145. The van der Waals surface area contributed by atoms with Gasteiger partial charge in [-0.3, -0.25) is 4.79 Å². The van der Waals surface area contributed by atoms with E-state index in [0.717, 1.165) is 5.56 Å². The van der Waals surface area contributed by atoms with Crippen LogP contribution in [0.2, 0.25) is 0 Å². The third-order valence-electron chi connectivity index (χ3n) is 4.31. The van der Waals surface area contributed by atoms with E-state index in [0.29, 0.717) is 25.3 Å². The third-order valence-corrected chi connectivity index (χ3v) is 4.31. The first-order valence-electron chi connectivity index (χ1n) is 7.55. The van der Waals surface area contributed by atoms with Crippen LogP contribution in [0, 0.1) is 19.8 Å². The summed E-state index contributed by atoms with van der Waals surface area (Å²) in [4.78, 5) is 12.3. The Morgan fingerprint density at radius 3 is 2.64 bits per heavy atom. The SMILES string of the molecule is CO[C@H]1[C@H](CNC(=O)c2ccc(C)c(C)c2)COC[C@H]1OC. The molecule has 0 aromatic heterocycles. The first-order chi connectivity index (χ1) is 10.6. The van der Waals surface area contributed by atoms with E-state index in [1.807, 2.05) is 32.0 Å². The Balaban J connectivity index is 1.96. The van der Waals surface area contributed by atoms with Crippen molar-refractivity contribution in [1.82, 2.24) is 5.32 Å². The molecule has 1 heterocycles. The van der Waals surface area contributed by atoms with E-state index in [4.69, 9.17) is 14.2 Å². The lowest BCUT2D eigenvalue weighted by Gasteiger charge is -2.36. The van der Waals surface area contributed by atoms with Crippen LogP contribution in [0.4, 0.5) is 0 Å². The predicted octanol–water partition coefficient (Wildman–Crippen LogP) is 1.71. The van der Waals surface area contributed by atoms with E-state index >= 15 is 0 Å². The van der Waals surface area contributed by atoms with E-state index < -0.39 is 0 Å². The van der Waals surface area contributed by atoms with Gasteiger partial charge in [0, 0.05) is 32.2 Å². The molecule has 22 heavy (non-hydrogen) atoms. The molecule has 5 heteroatoms. The van der Waals surface area contributed by atoms with E-state index in [1.165, 1.54) is 5.56 Å². The summed E-state index contributed by atoms with van der Waals surface area (Å²) < 4.78 is 16.4. The Morgan fingerprint density at radius 2 is 2.00 bits per heavy atom. The molecule has 0 saturated carbocycles. The van der Waals surface area contributed by atoms with Gasteiger partial charge in [-0.15, -0.1) is 0 Å². The average Bonchev–Trinajstić information content (AvgIpc) is 2.54. The molecule has 0 spiro atoms. The number of ether oxygens (including phenoxy) is 3. The second-order valence-corrected chi connectivity index (χ2v) is 5.78. The largest absolute Gasteiger partial charge is 0.378 e. The van der Waals surface area contributed by atoms with Crippen molar-refractivity contribution in [3.63, 3.8) is 0 Å². The van der Waals surface area contributed by atoms with E-state index in [2.05, 4.69) is 5.32 Å². The molecule has 1 saturated heterocycles. The van der Waals surface area contributed by atoms with Crippen molar-refractivity contribution >= 4 is 5.91 Å². The van der Waals surface area contributed by atoms with Crippen LogP contribution in [0.3, 0.4) is 0 Å². The minimum atomic E-state index is -0.0951. The van der Waals surface area contributed by atoms with Crippen molar-refractivity contribution in [3.05, 3.63) is 34.9 Å². The van der Waals surface area contributed by atoms with Crippen LogP contribution in [-0.2, 0) is 14.2 Å². The monoisotopic (exact) mass is 307 g/mol. The molecular weight excluding hydrogens is 282 g/mol. The highest BCUT2D eigenvalue weighted by molar-refractivity contribution is 5.94. The van der Waals surface area contributed by atoms with Gasteiger partial charge in [-0.1, -0.05) is 6.07 Å². The van der Waals surface area contributed by atoms with Crippen molar-refractivity contribution in [2.45, 2.75) is 26.1 Å². The number of carbonyl (C=O) groups excluding carboxylic acids is 1. The maximum atomic E-state index is 12.3. The molecule has 0 aliphatic carbocycles. The molecule has 1 aliphatic heterocycles. The summed E-state index contributed by atoms with van der Waals surface area (Å²) in [5.74, 6) is 0.0108. The van der Waals surface area contributed by atoms with Crippen LogP contribution in [0.1, 0.15) is 21.5 Å². The number of carbonyl (C=O) groups is 1. The summed E-state index contributed by atoms with van der Waals surface area (Å²) in [5, 5.41) is 2.97. The molecule has 1 aliphatic rings. The van der Waals surface area contributed by atoms with E-state index in [9.17, 15) is 4.79 Å². The van der Waals surface area contributed by atoms with Gasteiger partial charge in [-0.05, 0) is 37.1 Å². The van der Waals surface area contributed by atoms with Crippen molar-refractivity contribution in [2.24, 2.45) is 5.92 Å². The van der Waals surface area contributed by atoms with E-state index in [1.54, 1.807) is 14.2 Å². The Hall–Kier alpha value is -1.43. The van der Waals surface area contributed by atoms with Gasteiger partial charge in [0.1, 0.15) is 6.10 Å². The molecule has 122 valence electrons. The van der Waals surface area contributed by atoms with Crippen molar-refractivity contribution in [3.8, 4) is 0 Å². The van der Waals surface area contributed by atoms with E-state index in [-0.39, 0.29) is 24.0 Å². The molecular formula is C17H25NO4. The fourth-order valence-electron chi connectivity index (χ4n) is 2.76. The van der Waals surface area contributed by atoms with Gasteiger partial charge in [0.25, 0.3) is 5.91 Å². The first-order valence-corrected chi connectivity index (χ1v) is 7.55. The van der Waals surface area contributed by atoms with Crippen molar-refractivity contribution < 1.29 is 19.0 Å². The third kappa shape index (κ3) is 3.85. The Kier molecular flexibility index (Phi) is 5.94. The second kappa shape index (κ2) is 7.72. The zero-order valence-corrected chi connectivity index (χ0v) is 13.7. The lowest BCUT2D eigenvalue weighted by atomic mass is 9.96. The molecule has 5 nitrogen and oxygen atoms in total. The number of aryl methyl sites for hydroxylation is 2. The molecule has 0 radical (unpaired) electrons. The lowest BCUT2D eigenvalue weighted by Crippen LogP contribution is -2.50. The summed E-state index contributed by atoms with van der Waals surface area (Å²) in [6.07, 6.45) is -0.166. The van der Waals surface area contributed by atoms with Crippen LogP contribution in [0.25, 0.3) is 0 Å². The molecule has 0 unspecified atom stereocenters. The van der Waals surface area contributed by atoms with Gasteiger partial charge in [0.15, 0.2) is 0 Å². The van der Waals surface area contributed by atoms with Gasteiger partial charge >= 0.3 is 0 Å². The predicted molar refractivity (Wildman–Crippen MR) is 84.2 cm³/mol. The maximum Gasteiger partial charge on any atom is 0.251 e. The van der Waals surface area contributed by atoms with Gasteiger partial charge in [-0.2, -0.15) is 0 Å². The molecule has 1 fully saturated rings. The smallest absolute Gasteiger partial charge is 0.251 e. The fourth-order valence-corrected chi connectivity index (χ4v) is 2.76. The minimum absolute atomic E-state index is 0.0706. The number of nitrogens with one attached hydrogen (secondary N) is 1. The van der Waals surface area contributed by atoms with Crippen LogP contribution in [0.15, 0.2) is 18.2 Å². The van der Waals surface area contributed by atoms with Crippen LogP contribution in [0.5, 0.6) is 0 Å². The number of benzene rings is 1. The Labute approximate surface area is 131 Å². The standard InChI is InChI=1S/C17H25NO4/c1-11-5-6-13(7-12(11)2)17(19)18-8-14-9-22-10-15(20-3)16(14)21-4/h5-7,14-16H,8-10H2,1-4H3,(H,18,19)/t14-,15-,16+/m1/s1. The summed E-state index contributed by atoms with van der Waals surface area (Å²) in [6, 6.07) is 5.72. The molecule has 1 amide bonds. The van der Waals surface area contributed by atoms with Crippen LogP contribution < -0.4 is 5.32 Å². The molecule has 3 atom stereocenters. The molecule has 2 rings (SSSR count). The zero-order valence-electron chi connectivity index (χ0n) is 13.7. The fraction of sp³-hybridized carbons (Fsp3) is 0.588. The molecule has 1 aromatic rings. The topological polar surface area (TPSA) is 56.8 Å². The number of hydrogen-bond donors (Lipinski definition) is 1. The zero-order chi connectivity index (χ0) is 16.1. The van der Waals surface area contributed by atoms with Crippen LogP contribution in [-0.4, -0.2) is 52.1 Å². The highest BCUT2D eigenvalue weighted by Gasteiger charge is 2.34. The first kappa shape index (κ1) is 16.9. The molecule has 0 bridgehead atoms. The second-order valence-electron chi connectivity index (χ2n) is 5.78. The Morgan fingerprint density at radius 1 is 1.23 bits per heavy atom. The summed E-state index contributed by atoms with van der Waals surface area (Å²) in [5.41, 5.74) is 2.97. The number of rotatable bonds is 5. The molecule has 1 N–H and O–H groups in total. The summed E-state index contributed by atoms with van der Waals surface area (Å²) >= 11 is 0. The quantitative estimate of drug-likeness (QED) is 0.900.